The number of hydrazone groups is 1. The fourth-order valence-electron chi connectivity index (χ4n) is 5.39. The first-order valence-electron chi connectivity index (χ1n) is 12.7. The van der Waals surface area contributed by atoms with Crippen molar-refractivity contribution in [2.45, 2.75) is 68.7 Å². The van der Waals surface area contributed by atoms with Crippen LogP contribution in [0.15, 0.2) is 53.6 Å². The highest BCUT2D eigenvalue weighted by Crippen LogP contribution is 2.41. The van der Waals surface area contributed by atoms with Crippen LogP contribution in [0.25, 0.3) is 0 Å². The van der Waals surface area contributed by atoms with Crippen LogP contribution >= 0.6 is 0 Å². The summed E-state index contributed by atoms with van der Waals surface area (Å²) >= 11 is 0. The molecule has 2 aliphatic rings. The molecule has 0 radical (unpaired) electrons. The molecule has 214 valence electrons. The average molecular weight is 559 g/mol. The third-order valence-corrected chi connectivity index (χ3v) is 7.57. The average Bonchev–Trinajstić information content (AvgIpc) is 3.43. The van der Waals surface area contributed by atoms with E-state index < -0.39 is 46.8 Å². The van der Waals surface area contributed by atoms with Gasteiger partial charge in [0.2, 0.25) is 0 Å². The van der Waals surface area contributed by atoms with E-state index in [2.05, 4.69) is 15.8 Å². The summed E-state index contributed by atoms with van der Waals surface area (Å²) in [6.45, 7) is 4.10. The van der Waals surface area contributed by atoms with E-state index in [1.54, 1.807) is 13.3 Å². The predicted molar refractivity (Wildman–Crippen MR) is 134 cm³/mol. The molecule has 0 bridgehead atoms. The van der Waals surface area contributed by atoms with E-state index in [1.807, 2.05) is 35.2 Å². The quantitative estimate of drug-likeness (QED) is 0.379. The zero-order chi connectivity index (χ0) is 28.5. The van der Waals surface area contributed by atoms with Gasteiger partial charge in [0.1, 0.15) is 13.0 Å². The largest absolute Gasteiger partial charge is 0.416 e. The van der Waals surface area contributed by atoms with Crippen LogP contribution in [0.4, 0.5) is 26.3 Å². The number of benzene rings is 2. The van der Waals surface area contributed by atoms with E-state index in [0.717, 1.165) is 5.56 Å². The molecule has 6 nitrogen and oxygen atoms in total. The van der Waals surface area contributed by atoms with Crippen LogP contribution in [0, 0.1) is 0 Å². The first-order valence-corrected chi connectivity index (χ1v) is 12.7. The first kappa shape index (κ1) is 29.2. The van der Waals surface area contributed by atoms with E-state index in [0.29, 0.717) is 44.6 Å². The lowest BCUT2D eigenvalue weighted by molar-refractivity contribution is -0.143. The van der Waals surface area contributed by atoms with Crippen molar-refractivity contribution in [2.75, 3.05) is 19.8 Å². The Morgan fingerprint density at radius 2 is 1.64 bits per heavy atom. The van der Waals surface area contributed by atoms with Crippen molar-refractivity contribution in [3.05, 3.63) is 70.8 Å². The Morgan fingerprint density at radius 3 is 2.13 bits per heavy atom. The molecule has 0 aromatic heterocycles. The molecule has 0 spiro atoms. The molecule has 2 aromatic rings. The molecule has 0 amide bonds. The molecule has 0 aliphatic carbocycles. The van der Waals surface area contributed by atoms with Gasteiger partial charge in [-0.05, 0) is 62.4 Å². The molecule has 2 aromatic carbocycles. The Morgan fingerprint density at radius 1 is 1.00 bits per heavy atom. The Hall–Kier alpha value is -2.83. The number of rotatable bonds is 8. The van der Waals surface area contributed by atoms with Crippen LogP contribution in [0.1, 0.15) is 61.5 Å². The van der Waals surface area contributed by atoms with Crippen LogP contribution < -0.4 is 10.7 Å². The summed E-state index contributed by atoms with van der Waals surface area (Å²) in [7, 11) is 0. The molecule has 0 unspecified atom stereocenters. The number of hydrogen-bond donors (Lipinski definition) is 3. The Bertz CT molecular complexity index is 1110. The Kier molecular flexibility index (Phi) is 8.21. The van der Waals surface area contributed by atoms with E-state index >= 15 is 0 Å². The second-order valence-corrected chi connectivity index (χ2v) is 10.4. The molecular weight excluding hydrogens is 526 g/mol. The summed E-state index contributed by atoms with van der Waals surface area (Å²) < 4.78 is 86.4. The zero-order valence-corrected chi connectivity index (χ0v) is 21.6. The first-order chi connectivity index (χ1) is 18.2. The minimum atomic E-state index is -4.94. The van der Waals surface area contributed by atoms with Gasteiger partial charge in [0.05, 0.1) is 41.0 Å². The number of piperidine rings is 1. The summed E-state index contributed by atoms with van der Waals surface area (Å²) in [6, 6.07) is 10.9. The second kappa shape index (κ2) is 11.0. The molecule has 39 heavy (non-hydrogen) atoms. The number of aliphatic hydroxyl groups is 1. The summed E-state index contributed by atoms with van der Waals surface area (Å²) in [5.41, 5.74) is -0.368. The molecule has 3 N–H and O–H groups in total. The van der Waals surface area contributed by atoms with Gasteiger partial charge < -0.3 is 20.1 Å². The van der Waals surface area contributed by atoms with Gasteiger partial charge in [-0.3, -0.25) is 5.43 Å². The zero-order valence-electron chi connectivity index (χ0n) is 21.6. The maximum atomic E-state index is 13.4. The SMILES string of the molecule is C[C@@H](O)C[C@]1(N2C=NNC2)CC[C@@](CO[C@H](C)c2cc(C(F)(F)F)cc(C(F)(F)F)c2)(c2ccccc2)NC1. The lowest BCUT2D eigenvalue weighted by Gasteiger charge is -2.51. The monoisotopic (exact) mass is 558 g/mol. The van der Waals surface area contributed by atoms with Gasteiger partial charge in [-0.2, -0.15) is 31.4 Å². The Labute approximate surface area is 223 Å². The summed E-state index contributed by atoms with van der Waals surface area (Å²) in [4.78, 5) is 2.03. The maximum Gasteiger partial charge on any atom is 0.416 e. The molecule has 0 saturated carbocycles. The topological polar surface area (TPSA) is 69.1 Å². The normalized spacial score (nSPS) is 25.4. The number of hydrogen-bond acceptors (Lipinski definition) is 6. The van der Waals surface area contributed by atoms with Crippen molar-refractivity contribution in [3.8, 4) is 0 Å². The predicted octanol–water partition coefficient (Wildman–Crippen LogP) is 5.40. The summed E-state index contributed by atoms with van der Waals surface area (Å²) in [5, 5.41) is 17.9. The molecular formula is C27H32F6N4O2. The molecule has 4 atom stereocenters. The van der Waals surface area contributed by atoms with E-state index in [1.165, 1.54) is 6.92 Å². The van der Waals surface area contributed by atoms with Gasteiger partial charge in [-0.1, -0.05) is 30.3 Å². The van der Waals surface area contributed by atoms with Gasteiger partial charge in [0, 0.05) is 6.54 Å². The van der Waals surface area contributed by atoms with Gasteiger partial charge in [-0.25, -0.2) is 0 Å². The lowest BCUT2D eigenvalue weighted by atomic mass is 9.74. The van der Waals surface area contributed by atoms with Crippen molar-refractivity contribution in [1.29, 1.82) is 0 Å². The number of nitrogens with zero attached hydrogens (tertiary/aromatic N) is 2. The van der Waals surface area contributed by atoms with Crippen LogP contribution in [0.2, 0.25) is 0 Å². The van der Waals surface area contributed by atoms with Gasteiger partial charge in [-0.15, -0.1) is 0 Å². The fourth-order valence-corrected chi connectivity index (χ4v) is 5.39. The van der Waals surface area contributed by atoms with Gasteiger partial charge in [0.15, 0.2) is 0 Å². The highest BCUT2D eigenvalue weighted by Gasteiger charge is 2.47. The molecule has 2 aliphatic heterocycles. The maximum absolute atomic E-state index is 13.4. The van der Waals surface area contributed by atoms with E-state index in [-0.39, 0.29) is 18.2 Å². The third-order valence-electron chi connectivity index (χ3n) is 7.57. The molecule has 1 saturated heterocycles. The smallest absolute Gasteiger partial charge is 0.393 e. The Balaban J connectivity index is 1.60. The third kappa shape index (κ3) is 6.50. The van der Waals surface area contributed by atoms with E-state index in [9.17, 15) is 31.4 Å². The van der Waals surface area contributed by atoms with Crippen LogP contribution in [-0.2, 0) is 22.6 Å². The van der Waals surface area contributed by atoms with Crippen LogP contribution in [0.5, 0.6) is 0 Å². The molecule has 1 fully saturated rings. The van der Waals surface area contributed by atoms with E-state index in [4.69, 9.17) is 4.74 Å². The molecule has 4 rings (SSSR count). The van der Waals surface area contributed by atoms with Gasteiger partial charge >= 0.3 is 12.4 Å². The molecule has 12 heteroatoms. The number of ether oxygens (including phenoxy) is 1. The lowest BCUT2D eigenvalue weighted by Crippen LogP contribution is -2.64. The minimum absolute atomic E-state index is 0.00682. The van der Waals surface area contributed by atoms with Crippen LogP contribution in [-0.4, -0.2) is 47.8 Å². The number of alkyl halides is 6. The summed E-state index contributed by atoms with van der Waals surface area (Å²) in [5.74, 6) is 0. The minimum Gasteiger partial charge on any atom is -0.393 e. The molecule has 2 heterocycles. The highest BCUT2D eigenvalue weighted by molar-refractivity contribution is 5.58. The standard InChI is InChI=1S/C27H32F6N4O2/c1-18(38)13-24(37-16-35-36-17-37)8-9-25(34-14-24,21-6-4-3-5-7-21)15-39-19(2)20-10-22(26(28,29)30)12-23(11-20)27(31,32)33/h3-7,10-12,16,18-19,34,36,38H,8-9,13-15,17H2,1-2H3/t18-,19-,24-,25-/m1/s1. The van der Waals surface area contributed by atoms with Crippen molar-refractivity contribution >= 4 is 6.34 Å². The van der Waals surface area contributed by atoms with Crippen LogP contribution in [0.3, 0.4) is 0 Å². The van der Waals surface area contributed by atoms with Crippen molar-refractivity contribution < 1.29 is 36.2 Å². The van der Waals surface area contributed by atoms with Crippen molar-refractivity contribution in [2.24, 2.45) is 5.10 Å². The number of halogens is 6. The second-order valence-electron chi connectivity index (χ2n) is 10.4. The number of nitrogens with one attached hydrogen (secondary N) is 2. The highest BCUT2D eigenvalue weighted by atomic mass is 19.4. The fraction of sp³-hybridized carbons (Fsp3) is 0.519. The summed E-state index contributed by atoms with van der Waals surface area (Å²) in [6.07, 6.45) is -8.16. The van der Waals surface area contributed by atoms with Gasteiger partial charge in [0.25, 0.3) is 0 Å². The van der Waals surface area contributed by atoms with Crippen molar-refractivity contribution in [3.63, 3.8) is 0 Å². The van der Waals surface area contributed by atoms with Crippen molar-refractivity contribution in [1.82, 2.24) is 15.6 Å². The number of aliphatic hydroxyl groups excluding tert-OH is 1.